The fourth-order valence-corrected chi connectivity index (χ4v) is 7.12. The van der Waals surface area contributed by atoms with E-state index >= 15 is 0 Å². The smallest absolute Gasteiger partial charge is 0.201 e. The van der Waals surface area contributed by atoms with Gasteiger partial charge in [0.2, 0.25) is 4.93 Å². The molecule has 4 rings (SSSR count). The summed E-state index contributed by atoms with van der Waals surface area (Å²) < 4.78 is 16.2. The minimum absolute atomic E-state index is 0.153. The van der Waals surface area contributed by atoms with Gasteiger partial charge in [-0.25, -0.2) is 0 Å². The van der Waals surface area contributed by atoms with E-state index in [0.29, 0.717) is 17.9 Å². The lowest BCUT2D eigenvalue weighted by Crippen LogP contribution is -2.60. The molecule has 0 amide bonds. The van der Waals surface area contributed by atoms with E-state index in [1.165, 1.54) is 11.8 Å². The van der Waals surface area contributed by atoms with Crippen molar-refractivity contribution in [2.45, 2.75) is 42.6 Å². The highest BCUT2D eigenvalue weighted by molar-refractivity contribution is 9.15. The van der Waals surface area contributed by atoms with Gasteiger partial charge < -0.3 is 9.47 Å². The van der Waals surface area contributed by atoms with E-state index in [1.807, 2.05) is 0 Å². The lowest BCUT2D eigenvalue weighted by atomic mass is 9.79. The number of carbonyl (C=O) groups is 1. The predicted molar refractivity (Wildman–Crippen MR) is 99.6 cm³/mol. The number of benzene rings is 1. The summed E-state index contributed by atoms with van der Waals surface area (Å²) in [7, 11) is 0. The first kappa shape index (κ1) is 16.2. The maximum Gasteiger partial charge on any atom is 0.201 e. The Morgan fingerprint density at radius 1 is 0.864 bits per heavy atom. The normalized spacial score (nSPS) is 32.6. The maximum absolute atomic E-state index is 12.2. The first-order valence-electron chi connectivity index (χ1n) is 6.85. The van der Waals surface area contributed by atoms with E-state index in [1.54, 1.807) is 0 Å². The summed E-state index contributed by atoms with van der Waals surface area (Å²) in [6.45, 7) is 0. The number of rotatable bonds is 0. The summed E-state index contributed by atoms with van der Waals surface area (Å²) in [6.07, 6.45) is 4.21. The second-order valence-electron chi connectivity index (χ2n) is 5.72. The van der Waals surface area contributed by atoms with Crippen LogP contribution in [0.25, 0.3) is 0 Å². The van der Waals surface area contributed by atoms with E-state index < -0.39 is 10.5 Å². The molecule has 1 saturated heterocycles. The molecule has 1 saturated carbocycles. The van der Waals surface area contributed by atoms with E-state index in [9.17, 15) is 4.79 Å². The molecule has 2 heterocycles. The summed E-state index contributed by atoms with van der Waals surface area (Å²) in [4.78, 5) is 11.6. The van der Waals surface area contributed by atoms with Gasteiger partial charge in [0, 0.05) is 6.42 Å². The van der Waals surface area contributed by atoms with Crippen molar-refractivity contribution in [2.75, 3.05) is 0 Å². The molecule has 1 aromatic carbocycles. The quantitative estimate of drug-likeness (QED) is 0.273. The largest absolute Gasteiger partial charge is 0.476 e. The maximum atomic E-state index is 12.2. The first-order valence-corrected chi connectivity index (χ1v) is 10.8. The molecule has 0 bridgehead atoms. The molecular weight excluding hydrogens is 568 g/mol. The minimum Gasteiger partial charge on any atom is -0.476 e. The van der Waals surface area contributed by atoms with Gasteiger partial charge >= 0.3 is 0 Å². The van der Waals surface area contributed by atoms with E-state index in [0.717, 1.165) is 43.6 Å². The topological polar surface area (TPSA) is 35.5 Å². The van der Waals surface area contributed by atoms with Crippen molar-refractivity contribution in [3.8, 4) is 11.5 Å². The summed E-state index contributed by atoms with van der Waals surface area (Å²) in [5.41, 5.74) is -0.546. The van der Waals surface area contributed by atoms with Crippen molar-refractivity contribution < 1.29 is 14.3 Å². The number of ether oxygens (including phenoxy) is 2. The van der Waals surface area contributed by atoms with Crippen molar-refractivity contribution in [1.29, 1.82) is 0 Å². The fraction of sp³-hybridized carbons (Fsp3) is 0.500. The molecular formula is C14H10Br4O3S. The molecule has 118 valence electrons. The lowest BCUT2D eigenvalue weighted by molar-refractivity contribution is -0.125. The zero-order chi connectivity index (χ0) is 15.7. The van der Waals surface area contributed by atoms with Crippen LogP contribution in [-0.2, 0) is 4.79 Å². The van der Waals surface area contributed by atoms with Crippen molar-refractivity contribution in [3.63, 3.8) is 0 Å². The van der Waals surface area contributed by atoms with Crippen molar-refractivity contribution in [2.24, 2.45) is 0 Å². The highest BCUT2D eigenvalue weighted by atomic mass is 79.9. The third kappa shape index (κ3) is 2.06. The molecule has 3 aliphatic rings. The molecule has 0 spiro atoms. The molecule has 1 aromatic rings. The standard InChI is InChI=1S/C14H10Br4O3S/c15-7-8(16)10(18)12-11(9(7)17)20-13-3-1-2-4-14(13,21-12)22-6(19)5-13/h1-5H2/t13-,14+/m0/s1. The van der Waals surface area contributed by atoms with Crippen molar-refractivity contribution >= 4 is 80.6 Å². The van der Waals surface area contributed by atoms with Crippen LogP contribution in [0.4, 0.5) is 0 Å². The monoisotopic (exact) mass is 574 g/mol. The summed E-state index contributed by atoms with van der Waals surface area (Å²) in [5, 5.41) is 0.153. The molecule has 22 heavy (non-hydrogen) atoms. The van der Waals surface area contributed by atoms with Crippen LogP contribution in [0.15, 0.2) is 17.9 Å². The minimum atomic E-state index is -0.593. The average Bonchev–Trinajstić information content (AvgIpc) is 2.80. The van der Waals surface area contributed by atoms with Crippen LogP contribution in [-0.4, -0.2) is 15.6 Å². The molecule has 2 atom stereocenters. The van der Waals surface area contributed by atoms with Gasteiger partial charge in [0.05, 0.1) is 24.3 Å². The van der Waals surface area contributed by atoms with Crippen LogP contribution in [0, 0.1) is 0 Å². The van der Waals surface area contributed by atoms with Crippen LogP contribution in [0.5, 0.6) is 11.5 Å². The molecule has 2 aliphatic heterocycles. The number of hydrogen-bond donors (Lipinski definition) is 0. The van der Waals surface area contributed by atoms with E-state index in [-0.39, 0.29) is 5.12 Å². The number of fused-ring (bicyclic) bond motifs is 1. The Labute approximate surface area is 165 Å². The molecule has 1 aliphatic carbocycles. The zero-order valence-corrected chi connectivity index (χ0v) is 18.3. The van der Waals surface area contributed by atoms with E-state index in [4.69, 9.17) is 9.47 Å². The first-order chi connectivity index (χ1) is 10.4. The fourth-order valence-electron chi connectivity index (χ4n) is 3.47. The highest BCUT2D eigenvalue weighted by Crippen LogP contribution is 2.64. The molecule has 2 fully saturated rings. The summed E-state index contributed by atoms with van der Waals surface area (Å²) in [5.74, 6) is 1.32. The van der Waals surface area contributed by atoms with Gasteiger partial charge in [-0.1, -0.05) is 0 Å². The van der Waals surface area contributed by atoms with Gasteiger partial charge in [0.25, 0.3) is 0 Å². The van der Waals surface area contributed by atoms with Gasteiger partial charge in [-0.3, -0.25) is 4.79 Å². The summed E-state index contributed by atoms with van der Waals surface area (Å²) in [6, 6.07) is 0. The zero-order valence-electron chi connectivity index (χ0n) is 11.2. The lowest BCUT2D eigenvalue weighted by Gasteiger charge is -2.50. The van der Waals surface area contributed by atoms with Gasteiger partial charge in [-0.2, -0.15) is 0 Å². The molecule has 8 heteroatoms. The van der Waals surface area contributed by atoms with Crippen molar-refractivity contribution in [1.82, 2.24) is 0 Å². The SMILES string of the molecule is O=C1C[C@@]23CCCC[C@@]2(Oc2c(Br)c(Br)c(Br)c(Br)c2O3)S1. The van der Waals surface area contributed by atoms with Crippen molar-refractivity contribution in [3.05, 3.63) is 17.9 Å². The van der Waals surface area contributed by atoms with Gasteiger partial charge in [0.1, 0.15) is 0 Å². The second kappa shape index (κ2) is 5.38. The molecule has 3 nitrogen and oxygen atoms in total. The third-order valence-corrected chi connectivity index (χ3v) is 10.5. The predicted octanol–water partition coefficient (Wildman–Crippen LogP) is 6.18. The number of hydrogen-bond acceptors (Lipinski definition) is 4. The Bertz CT molecular complexity index is 653. The van der Waals surface area contributed by atoms with Gasteiger partial charge in [-0.15, -0.1) is 0 Å². The van der Waals surface area contributed by atoms with Crippen LogP contribution in [0.3, 0.4) is 0 Å². The second-order valence-corrected chi connectivity index (χ2v) is 10.2. The average molecular weight is 578 g/mol. The number of halogens is 4. The molecule has 0 radical (unpaired) electrons. The Kier molecular flexibility index (Phi) is 3.97. The Morgan fingerprint density at radius 2 is 1.45 bits per heavy atom. The summed E-state index contributed by atoms with van der Waals surface area (Å²) >= 11 is 15.6. The van der Waals surface area contributed by atoms with E-state index in [2.05, 4.69) is 63.7 Å². The molecule has 0 unspecified atom stereocenters. The Hall–Kier alpha value is 0.760. The van der Waals surface area contributed by atoms with Crippen LogP contribution in [0.1, 0.15) is 32.1 Å². The number of thioether (sulfide) groups is 1. The van der Waals surface area contributed by atoms with Crippen LogP contribution >= 0.6 is 75.5 Å². The Morgan fingerprint density at radius 3 is 2.14 bits per heavy atom. The van der Waals surface area contributed by atoms with Gasteiger partial charge in [-0.05, 0) is 94.7 Å². The molecule has 0 aromatic heterocycles. The van der Waals surface area contributed by atoms with Crippen LogP contribution in [0.2, 0.25) is 0 Å². The van der Waals surface area contributed by atoms with Crippen LogP contribution < -0.4 is 9.47 Å². The molecule has 0 N–H and O–H groups in total. The van der Waals surface area contributed by atoms with Gasteiger partial charge in [0.15, 0.2) is 22.2 Å². The highest BCUT2D eigenvalue weighted by Gasteiger charge is 2.67. The number of carbonyl (C=O) groups excluding carboxylic acids is 1. The third-order valence-electron chi connectivity index (χ3n) is 4.49. The Balaban J connectivity index is 1.94.